The van der Waals surface area contributed by atoms with Crippen LogP contribution in [0.1, 0.15) is 33.0 Å². The molecule has 1 fully saturated rings. The number of benzene rings is 2. The standard InChI is InChI=1S/C24H23ClF2N4O/c1-15-19(14-20-21(25)4-3-5-22(20)27)23(29-16(2)28-15)30-10-12-31(13-11-30)24(32)17-6-8-18(26)9-7-17/h3-9H,10-14H2,1-2H3. The van der Waals surface area contributed by atoms with Crippen molar-refractivity contribution in [3.05, 3.63) is 87.3 Å². The van der Waals surface area contributed by atoms with E-state index in [1.54, 1.807) is 17.0 Å². The van der Waals surface area contributed by atoms with Crippen molar-refractivity contribution in [1.82, 2.24) is 14.9 Å². The van der Waals surface area contributed by atoms with Crippen LogP contribution in [-0.2, 0) is 6.42 Å². The molecular formula is C24H23ClF2N4O. The average molecular weight is 457 g/mol. The second-order valence-electron chi connectivity index (χ2n) is 7.82. The Hall–Kier alpha value is -3.06. The molecule has 4 rings (SSSR count). The molecule has 1 saturated heterocycles. The summed E-state index contributed by atoms with van der Waals surface area (Å²) in [5.74, 6) is 0.508. The molecule has 0 atom stereocenters. The molecule has 8 heteroatoms. The fourth-order valence-electron chi connectivity index (χ4n) is 3.96. The summed E-state index contributed by atoms with van der Waals surface area (Å²) < 4.78 is 27.6. The first-order valence-electron chi connectivity index (χ1n) is 10.4. The first kappa shape index (κ1) is 22.1. The highest BCUT2D eigenvalue weighted by molar-refractivity contribution is 6.31. The van der Waals surface area contributed by atoms with Crippen LogP contribution in [0.25, 0.3) is 0 Å². The molecule has 166 valence electrons. The van der Waals surface area contributed by atoms with Gasteiger partial charge >= 0.3 is 0 Å². The van der Waals surface area contributed by atoms with Crippen LogP contribution in [0.5, 0.6) is 0 Å². The van der Waals surface area contributed by atoms with E-state index in [0.29, 0.717) is 48.2 Å². The van der Waals surface area contributed by atoms with E-state index in [2.05, 4.69) is 14.9 Å². The lowest BCUT2D eigenvalue weighted by Gasteiger charge is -2.36. The quantitative estimate of drug-likeness (QED) is 0.576. The molecule has 0 N–H and O–H groups in total. The summed E-state index contributed by atoms with van der Waals surface area (Å²) in [6.45, 7) is 5.85. The highest BCUT2D eigenvalue weighted by Gasteiger charge is 2.26. The number of aromatic nitrogens is 2. The van der Waals surface area contributed by atoms with E-state index in [1.165, 1.54) is 30.3 Å². The van der Waals surface area contributed by atoms with Crippen molar-refractivity contribution < 1.29 is 13.6 Å². The van der Waals surface area contributed by atoms with Crippen LogP contribution in [0.2, 0.25) is 5.02 Å². The summed E-state index contributed by atoms with van der Waals surface area (Å²) in [4.78, 5) is 25.7. The third kappa shape index (κ3) is 4.58. The van der Waals surface area contributed by atoms with E-state index >= 15 is 0 Å². The number of aryl methyl sites for hydroxylation is 2. The lowest BCUT2D eigenvalue weighted by atomic mass is 10.0. The molecule has 3 aromatic rings. The monoisotopic (exact) mass is 456 g/mol. The van der Waals surface area contributed by atoms with Gasteiger partial charge in [-0.2, -0.15) is 0 Å². The van der Waals surface area contributed by atoms with E-state index in [0.717, 1.165) is 17.1 Å². The maximum atomic E-state index is 14.4. The molecule has 0 unspecified atom stereocenters. The molecule has 2 heterocycles. The van der Waals surface area contributed by atoms with Crippen molar-refractivity contribution in [3.63, 3.8) is 0 Å². The second kappa shape index (κ2) is 9.20. The van der Waals surface area contributed by atoms with Gasteiger partial charge in [-0.15, -0.1) is 0 Å². The number of amides is 1. The Morgan fingerprint density at radius 2 is 1.66 bits per heavy atom. The Morgan fingerprint density at radius 1 is 0.969 bits per heavy atom. The predicted octanol–water partition coefficient (Wildman–Crippen LogP) is 4.58. The van der Waals surface area contributed by atoms with Gasteiger partial charge in [-0.3, -0.25) is 4.79 Å². The Labute approximate surface area is 190 Å². The zero-order valence-electron chi connectivity index (χ0n) is 17.9. The van der Waals surface area contributed by atoms with Crippen molar-refractivity contribution in [1.29, 1.82) is 0 Å². The molecular weight excluding hydrogens is 434 g/mol. The summed E-state index contributed by atoms with van der Waals surface area (Å²) in [5, 5.41) is 0.366. The highest BCUT2D eigenvalue weighted by atomic mass is 35.5. The molecule has 1 aliphatic heterocycles. The third-order valence-electron chi connectivity index (χ3n) is 5.68. The van der Waals surface area contributed by atoms with E-state index in [9.17, 15) is 13.6 Å². The maximum absolute atomic E-state index is 14.4. The smallest absolute Gasteiger partial charge is 0.253 e. The van der Waals surface area contributed by atoms with Crippen LogP contribution in [-0.4, -0.2) is 47.0 Å². The minimum atomic E-state index is -0.372. The fraction of sp³-hybridized carbons (Fsp3) is 0.292. The molecule has 1 aliphatic rings. The van der Waals surface area contributed by atoms with Crippen molar-refractivity contribution >= 4 is 23.3 Å². The predicted molar refractivity (Wildman–Crippen MR) is 120 cm³/mol. The number of anilines is 1. The van der Waals surface area contributed by atoms with Crippen LogP contribution in [0.15, 0.2) is 42.5 Å². The molecule has 0 spiro atoms. The van der Waals surface area contributed by atoms with Crippen molar-refractivity contribution in [2.45, 2.75) is 20.3 Å². The topological polar surface area (TPSA) is 49.3 Å². The summed E-state index contributed by atoms with van der Waals surface area (Å²) in [6, 6.07) is 10.2. The van der Waals surface area contributed by atoms with Crippen LogP contribution in [0.4, 0.5) is 14.6 Å². The van der Waals surface area contributed by atoms with Gasteiger partial charge in [0.15, 0.2) is 0 Å². The Bertz CT molecular complexity index is 1130. The van der Waals surface area contributed by atoms with Gasteiger partial charge < -0.3 is 9.80 Å². The number of piperazine rings is 1. The van der Waals surface area contributed by atoms with Crippen LogP contribution < -0.4 is 4.90 Å². The van der Waals surface area contributed by atoms with Crippen molar-refractivity contribution in [2.24, 2.45) is 0 Å². The molecule has 0 bridgehead atoms. The summed E-state index contributed by atoms with van der Waals surface area (Å²) in [5.41, 5.74) is 2.47. The first-order valence-corrected chi connectivity index (χ1v) is 10.8. The fourth-order valence-corrected chi connectivity index (χ4v) is 4.19. The molecule has 5 nitrogen and oxygen atoms in total. The lowest BCUT2D eigenvalue weighted by Crippen LogP contribution is -2.49. The van der Waals surface area contributed by atoms with Gasteiger partial charge in [-0.05, 0) is 50.2 Å². The SMILES string of the molecule is Cc1nc(C)c(Cc2c(F)cccc2Cl)c(N2CCN(C(=O)c3ccc(F)cc3)CC2)n1. The Balaban J connectivity index is 1.55. The van der Waals surface area contributed by atoms with Crippen molar-refractivity contribution in [3.8, 4) is 0 Å². The van der Waals surface area contributed by atoms with E-state index in [1.807, 2.05) is 13.8 Å². The number of carbonyl (C=O) groups is 1. The van der Waals surface area contributed by atoms with Gasteiger partial charge in [0.2, 0.25) is 0 Å². The number of hydrogen-bond acceptors (Lipinski definition) is 4. The normalized spacial score (nSPS) is 14.0. The van der Waals surface area contributed by atoms with Gasteiger partial charge in [0.1, 0.15) is 23.3 Å². The molecule has 2 aromatic carbocycles. The van der Waals surface area contributed by atoms with Gasteiger partial charge in [-0.25, -0.2) is 18.7 Å². The van der Waals surface area contributed by atoms with E-state index < -0.39 is 0 Å². The number of hydrogen-bond donors (Lipinski definition) is 0. The largest absolute Gasteiger partial charge is 0.353 e. The Kier molecular flexibility index (Phi) is 6.37. The highest BCUT2D eigenvalue weighted by Crippen LogP contribution is 2.29. The van der Waals surface area contributed by atoms with Gasteiger partial charge in [-0.1, -0.05) is 17.7 Å². The van der Waals surface area contributed by atoms with Crippen LogP contribution >= 0.6 is 11.6 Å². The van der Waals surface area contributed by atoms with Crippen molar-refractivity contribution in [2.75, 3.05) is 31.1 Å². The zero-order chi connectivity index (χ0) is 22.8. The summed E-state index contributed by atoms with van der Waals surface area (Å²) >= 11 is 6.26. The molecule has 1 aromatic heterocycles. The van der Waals surface area contributed by atoms with E-state index in [4.69, 9.17) is 11.6 Å². The number of nitrogens with zero attached hydrogens (tertiary/aromatic N) is 4. The molecule has 0 radical (unpaired) electrons. The van der Waals surface area contributed by atoms with Gasteiger partial charge in [0.05, 0.1) is 0 Å². The molecule has 0 saturated carbocycles. The molecule has 1 amide bonds. The second-order valence-corrected chi connectivity index (χ2v) is 8.23. The van der Waals surface area contributed by atoms with E-state index in [-0.39, 0.29) is 24.0 Å². The van der Waals surface area contributed by atoms with Gasteiger partial charge in [0, 0.05) is 60.0 Å². The summed E-state index contributed by atoms with van der Waals surface area (Å²) in [6.07, 6.45) is 0.279. The van der Waals surface area contributed by atoms with Crippen LogP contribution in [0.3, 0.4) is 0 Å². The maximum Gasteiger partial charge on any atom is 0.253 e. The van der Waals surface area contributed by atoms with Gasteiger partial charge in [0.25, 0.3) is 5.91 Å². The number of rotatable bonds is 4. The summed E-state index contributed by atoms with van der Waals surface area (Å²) in [7, 11) is 0. The molecule has 32 heavy (non-hydrogen) atoms. The zero-order valence-corrected chi connectivity index (χ0v) is 18.7. The molecule has 0 aliphatic carbocycles. The minimum Gasteiger partial charge on any atom is -0.353 e. The lowest BCUT2D eigenvalue weighted by molar-refractivity contribution is 0.0746. The Morgan fingerprint density at radius 3 is 2.31 bits per heavy atom. The number of halogens is 3. The average Bonchev–Trinajstić information content (AvgIpc) is 2.77. The van der Waals surface area contributed by atoms with Crippen LogP contribution in [0, 0.1) is 25.5 Å². The third-order valence-corrected chi connectivity index (χ3v) is 6.03. The number of carbonyl (C=O) groups excluding carboxylic acids is 1. The minimum absolute atomic E-state index is 0.127. The first-order chi connectivity index (χ1) is 15.3.